The van der Waals surface area contributed by atoms with Gasteiger partial charge in [-0.3, -0.25) is 0 Å². The van der Waals surface area contributed by atoms with E-state index in [9.17, 15) is 0 Å². The molecule has 1 atom stereocenters. The van der Waals surface area contributed by atoms with Crippen molar-refractivity contribution in [3.05, 3.63) is 17.6 Å². The van der Waals surface area contributed by atoms with E-state index in [2.05, 4.69) is 9.97 Å². The minimum absolute atomic E-state index is 0.215. The quantitative estimate of drug-likeness (QED) is 0.542. The lowest BCUT2D eigenvalue weighted by Crippen LogP contribution is -2.14. The normalized spacial score (nSPS) is 11.3. The Hall–Kier alpha value is -1.38. The Morgan fingerprint density at radius 2 is 2.28 bits per heavy atom. The van der Waals surface area contributed by atoms with Crippen LogP contribution in [0.2, 0.25) is 0 Å². The number of rotatable bonds is 5. The Bertz CT molecular complexity index is 365. The summed E-state index contributed by atoms with van der Waals surface area (Å²) in [6, 6.07) is 0. The maximum atomic E-state index is 9.12. The molecule has 0 amide bonds. The van der Waals surface area contributed by atoms with Gasteiger partial charge in [-0.1, -0.05) is 0 Å². The van der Waals surface area contributed by atoms with Gasteiger partial charge in [0.1, 0.15) is 11.6 Å². The lowest BCUT2D eigenvalue weighted by Gasteiger charge is -2.07. The van der Waals surface area contributed by atoms with Crippen LogP contribution >= 0.6 is 11.8 Å². The zero-order valence-electron chi connectivity index (χ0n) is 9.94. The van der Waals surface area contributed by atoms with Crippen molar-refractivity contribution in [3.8, 4) is 0 Å². The predicted molar refractivity (Wildman–Crippen MR) is 66.5 cm³/mol. The average Bonchev–Trinajstić information content (AvgIpc) is 2.32. The predicted octanol–water partition coefficient (Wildman–Crippen LogP) is -1.68. The minimum atomic E-state index is -0.678. The molecule has 18 heavy (non-hydrogen) atoms. The topological polar surface area (TPSA) is 132 Å². The monoisotopic (exact) mass is 274 g/mol. The number of hydrogen-bond acceptors (Lipinski definition) is 8. The standard InChI is InChI=1S/C9H15N3O2S.CH2O2/c1-6-11-2-7(9(10)12-6)4-15-5-8(14)3-13;2-1-3/h2,8,13-14H,3-5H2,1H3,(H2,10,11,12);1H,(H,2,3)/p-1. The van der Waals surface area contributed by atoms with Crippen molar-refractivity contribution in [2.24, 2.45) is 0 Å². The van der Waals surface area contributed by atoms with E-state index in [4.69, 9.17) is 25.8 Å². The molecule has 0 aliphatic heterocycles. The van der Waals surface area contributed by atoms with E-state index in [-0.39, 0.29) is 6.61 Å². The molecule has 0 fully saturated rings. The second kappa shape index (κ2) is 9.63. The van der Waals surface area contributed by atoms with Crippen molar-refractivity contribution in [1.29, 1.82) is 0 Å². The summed E-state index contributed by atoms with van der Waals surface area (Å²) >= 11 is 1.49. The summed E-state index contributed by atoms with van der Waals surface area (Å²) in [4.78, 5) is 16.3. The summed E-state index contributed by atoms with van der Waals surface area (Å²) in [5.41, 5.74) is 6.55. The maximum Gasteiger partial charge on any atom is 0.131 e. The van der Waals surface area contributed by atoms with E-state index in [1.807, 2.05) is 0 Å². The summed E-state index contributed by atoms with van der Waals surface area (Å²) in [5, 5.41) is 26.0. The number of thioether (sulfide) groups is 1. The minimum Gasteiger partial charge on any atom is -0.554 e. The molecule has 0 radical (unpaired) electrons. The highest BCUT2D eigenvalue weighted by atomic mass is 32.2. The number of carbonyl (C=O) groups excluding carboxylic acids is 1. The first-order valence-electron chi connectivity index (χ1n) is 5.05. The van der Waals surface area contributed by atoms with Gasteiger partial charge < -0.3 is 25.8 Å². The van der Waals surface area contributed by atoms with Gasteiger partial charge in [0.05, 0.1) is 12.7 Å². The second-order valence-electron chi connectivity index (χ2n) is 3.28. The van der Waals surface area contributed by atoms with Crippen LogP contribution in [0.5, 0.6) is 0 Å². The average molecular weight is 274 g/mol. The van der Waals surface area contributed by atoms with E-state index in [1.54, 1.807) is 13.1 Å². The van der Waals surface area contributed by atoms with Gasteiger partial charge in [0, 0.05) is 29.7 Å². The Labute approximate surface area is 109 Å². The Balaban J connectivity index is 0.000000873. The molecule has 0 spiro atoms. The van der Waals surface area contributed by atoms with Crippen LogP contribution in [-0.4, -0.2) is 45.1 Å². The molecule has 4 N–H and O–H groups in total. The molecule has 0 aromatic carbocycles. The number of nitrogens with two attached hydrogens (primary N) is 1. The smallest absolute Gasteiger partial charge is 0.131 e. The number of aliphatic hydroxyl groups excluding tert-OH is 2. The van der Waals surface area contributed by atoms with Gasteiger partial charge in [-0.25, -0.2) is 9.97 Å². The summed E-state index contributed by atoms with van der Waals surface area (Å²) in [6.07, 6.45) is 1.01. The molecule has 102 valence electrons. The van der Waals surface area contributed by atoms with E-state index in [0.29, 0.717) is 23.1 Å². The molecule has 0 aliphatic rings. The number of nitrogen functional groups attached to an aromatic ring is 1. The van der Waals surface area contributed by atoms with Crippen LogP contribution in [0, 0.1) is 6.92 Å². The van der Waals surface area contributed by atoms with Crippen LogP contribution in [0.3, 0.4) is 0 Å². The third kappa shape index (κ3) is 7.05. The van der Waals surface area contributed by atoms with E-state index >= 15 is 0 Å². The molecule has 8 heteroatoms. The van der Waals surface area contributed by atoms with Crippen LogP contribution < -0.4 is 10.8 Å². The molecule has 1 heterocycles. The highest BCUT2D eigenvalue weighted by molar-refractivity contribution is 7.98. The summed E-state index contributed by atoms with van der Waals surface area (Å²) in [5.74, 6) is 2.25. The van der Waals surface area contributed by atoms with Crippen LogP contribution in [-0.2, 0) is 10.5 Å². The van der Waals surface area contributed by atoms with Crippen LogP contribution in [0.25, 0.3) is 0 Å². The van der Waals surface area contributed by atoms with Crippen molar-refractivity contribution >= 4 is 24.1 Å². The number of aliphatic hydroxyl groups is 2. The fourth-order valence-electron chi connectivity index (χ4n) is 0.981. The van der Waals surface area contributed by atoms with Gasteiger partial charge in [0.25, 0.3) is 0 Å². The molecule has 1 aromatic rings. The van der Waals surface area contributed by atoms with E-state index in [0.717, 1.165) is 5.56 Å². The number of carbonyl (C=O) groups is 1. The molecule has 0 bridgehead atoms. The number of nitrogens with zero attached hydrogens (tertiary/aromatic N) is 2. The Morgan fingerprint density at radius 3 is 2.78 bits per heavy atom. The van der Waals surface area contributed by atoms with Crippen molar-refractivity contribution in [2.75, 3.05) is 18.1 Å². The lowest BCUT2D eigenvalue weighted by molar-refractivity contribution is -0.283. The van der Waals surface area contributed by atoms with Gasteiger partial charge in [-0.05, 0) is 6.92 Å². The first-order valence-corrected chi connectivity index (χ1v) is 6.20. The number of aryl methyl sites for hydroxylation is 1. The van der Waals surface area contributed by atoms with Crippen molar-refractivity contribution in [2.45, 2.75) is 18.8 Å². The first-order chi connectivity index (χ1) is 8.54. The third-order valence-corrected chi connectivity index (χ3v) is 2.93. The largest absolute Gasteiger partial charge is 0.554 e. The van der Waals surface area contributed by atoms with Gasteiger partial charge in [-0.15, -0.1) is 0 Å². The fourth-order valence-corrected chi connectivity index (χ4v) is 1.92. The van der Waals surface area contributed by atoms with Gasteiger partial charge in [-0.2, -0.15) is 11.8 Å². The Morgan fingerprint density at radius 1 is 1.67 bits per heavy atom. The SMILES string of the molecule is Cc1ncc(CSCC(O)CO)c(N)n1.O=C[O-]. The number of hydrogen-bond donors (Lipinski definition) is 3. The first kappa shape index (κ1) is 16.6. The fraction of sp³-hybridized carbons (Fsp3) is 0.500. The molecule has 0 saturated carbocycles. The molecule has 1 rings (SSSR count). The van der Waals surface area contributed by atoms with Gasteiger partial charge in [0.15, 0.2) is 0 Å². The van der Waals surface area contributed by atoms with Crippen LogP contribution in [0.1, 0.15) is 11.4 Å². The Kier molecular flexibility index (Phi) is 8.89. The number of anilines is 1. The zero-order valence-corrected chi connectivity index (χ0v) is 10.8. The van der Waals surface area contributed by atoms with Gasteiger partial charge >= 0.3 is 0 Å². The lowest BCUT2D eigenvalue weighted by atomic mass is 10.3. The summed E-state index contributed by atoms with van der Waals surface area (Å²) in [6.45, 7) is 1.07. The summed E-state index contributed by atoms with van der Waals surface area (Å²) < 4.78 is 0. The van der Waals surface area contributed by atoms with E-state index < -0.39 is 12.6 Å². The molecule has 1 unspecified atom stereocenters. The maximum absolute atomic E-state index is 9.12. The molecule has 7 nitrogen and oxygen atoms in total. The molecular weight excluding hydrogens is 258 g/mol. The highest BCUT2D eigenvalue weighted by Gasteiger charge is 2.05. The second-order valence-corrected chi connectivity index (χ2v) is 4.31. The van der Waals surface area contributed by atoms with Crippen molar-refractivity contribution < 1.29 is 20.1 Å². The molecule has 1 aromatic heterocycles. The van der Waals surface area contributed by atoms with E-state index in [1.165, 1.54) is 11.8 Å². The van der Waals surface area contributed by atoms with Gasteiger partial charge in [0.2, 0.25) is 0 Å². The van der Waals surface area contributed by atoms with Crippen LogP contribution in [0.4, 0.5) is 5.82 Å². The van der Waals surface area contributed by atoms with Crippen LogP contribution in [0.15, 0.2) is 6.20 Å². The molecule has 0 saturated heterocycles. The van der Waals surface area contributed by atoms with Crippen molar-refractivity contribution in [3.63, 3.8) is 0 Å². The third-order valence-electron chi connectivity index (χ3n) is 1.80. The zero-order chi connectivity index (χ0) is 14.0. The number of carboxylic acid groups (broad SMARTS) is 1. The molecular formula is C10H16N3O4S-. The number of aromatic nitrogens is 2. The summed E-state index contributed by atoms with van der Waals surface area (Å²) in [7, 11) is 0. The van der Waals surface area contributed by atoms with Crippen molar-refractivity contribution in [1.82, 2.24) is 9.97 Å². The molecule has 0 aliphatic carbocycles. The highest BCUT2D eigenvalue weighted by Crippen LogP contribution is 2.16.